The highest BCUT2D eigenvalue weighted by molar-refractivity contribution is 6.09. The van der Waals surface area contributed by atoms with Crippen molar-refractivity contribution in [2.24, 2.45) is 10.9 Å². The topological polar surface area (TPSA) is 74.2 Å². The number of hydrogen-bond acceptors (Lipinski definition) is 6. The molecule has 37 heavy (non-hydrogen) atoms. The van der Waals surface area contributed by atoms with Crippen LogP contribution in [-0.4, -0.2) is 37.8 Å². The number of hydrogen-bond donors (Lipinski definition) is 0. The zero-order chi connectivity index (χ0) is 25.9. The lowest BCUT2D eigenvalue weighted by molar-refractivity contribution is -0.153. The lowest BCUT2D eigenvalue weighted by Crippen LogP contribution is -2.39. The molecule has 2 aromatic rings. The Balaban J connectivity index is 1.56. The Morgan fingerprint density at radius 2 is 1.62 bits per heavy atom. The van der Waals surface area contributed by atoms with E-state index in [4.69, 9.17) is 19.2 Å². The Labute approximate surface area is 218 Å². The average molecular weight is 502 g/mol. The van der Waals surface area contributed by atoms with E-state index in [1.807, 2.05) is 43.3 Å². The molecule has 2 aromatic carbocycles. The maximum atomic E-state index is 13.8. The van der Waals surface area contributed by atoms with Crippen molar-refractivity contribution in [1.82, 2.24) is 0 Å². The summed E-state index contributed by atoms with van der Waals surface area (Å²) in [6.45, 7) is 1.89. The first-order valence-corrected chi connectivity index (χ1v) is 13.3. The number of aliphatic imine (C=N–C) groups is 1. The molecule has 3 atom stereocenters. The Kier molecular flexibility index (Phi) is 7.45. The van der Waals surface area contributed by atoms with Gasteiger partial charge in [-0.1, -0.05) is 42.8 Å². The maximum absolute atomic E-state index is 13.8. The summed E-state index contributed by atoms with van der Waals surface area (Å²) in [6.07, 6.45) is 6.09. The molecule has 5 rings (SSSR count). The van der Waals surface area contributed by atoms with Gasteiger partial charge in [0.05, 0.1) is 14.2 Å². The molecule has 0 saturated heterocycles. The predicted octanol–water partition coefficient (Wildman–Crippen LogP) is 6.15. The Hall–Kier alpha value is -3.41. The van der Waals surface area contributed by atoms with Crippen LogP contribution >= 0.6 is 0 Å². The van der Waals surface area contributed by atoms with Gasteiger partial charge in [0.1, 0.15) is 12.0 Å². The van der Waals surface area contributed by atoms with Crippen LogP contribution in [0.3, 0.4) is 0 Å². The van der Waals surface area contributed by atoms with Gasteiger partial charge in [-0.25, -0.2) is 0 Å². The monoisotopic (exact) mass is 501 g/mol. The van der Waals surface area contributed by atoms with Crippen LogP contribution in [0.25, 0.3) is 0 Å². The summed E-state index contributed by atoms with van der Waals surface area (Å²) in [5, 5.41) is 0. The van der Waals surface area contributed by atoms with E-state index in [1.54, 1.807) is 14.2 Å². The van der Waals surface area contributed by atoms with Crippen LogP contribution in [-0.2, 0) is 14.3 Å². The fourth-order valence-electron chi connectivity index (χ4n) is 6.15. The number of rotatable bonds is 6. The van der Waals surface area contributed by atoms with Crippen molar-refractivity contribution in [3.8, 4) is 11.5 Å². The van der Waals surface area contributed by atoms with Crippen molar-refractivity contribution in [3.63, 3.8) is 0 Å². The number of ether oxygens (including phenoxy) is 3. The highest BCUT2D eigenvalue weighted by Crippen LogP contribution is 2.48. The van der Waals surface area contributed by atoms with Crippen LogP contribution in [0.15, 0.2) is 64.8 Å². The first-order chi connectivity index (χ1) is 18.0. The van der Waals surface area contributed by atoms with Gasteiger partial charge in [-0.05, 0) is 68.2 Å². The molecule has 1 heterocycles. The third-order valence-corrected chi connectivity index (χ3v) is 8.02. The van der Waals surface area contributed by atoms with Gasteiger partial charge in [0, 0.05) is 29.3 Å². The van der Waals surface area contributed by atoms with E-state index in [0.717, 1.165) is 42.5 Å². The molecule has 1 fully saturated rings. The van der Waals surface area contributed by atoms with Crippen LogP contribution in [0.2, 0.25) is 0 Å². The second kappa shape index (κ2) is 10.9. The van der Waals surface area contributed by atoms with E-state index in [9.17, 15) is 9.59 Å². The lowest BCUT2D eigenvalue weighted by atomic mass is 9.69. The Morgan fingerprint density at radius 1 is 0.892 bits per heavy atom. The van der Waals surface area contributed by atoms with Crippen molar-refractivity contribution < 1.29 is 23.8 Å². The number of benzene rings is 2. The Bertz CT molecular complexity index is 1230. The molecule has 0 radical (unpaired) electrons. The molecule has 1 saturated carbocycles. The number of carbonyl (C=O) groups excluding carboxylic acids is 2. The lowest BCUT2D eigenvalue weighted by Gasteiger charge is -2.37. The second-order valence-electron chi connectivity index (χ2n) is 10.3. The first kappa shape index (κ1) is 25.2. The third-order valence-electron chi connectivity index (χ3n) is 8.02. The minimum Gasteiger partial charge on any atom is -0.493 e. The number of carbonyl (C=O) groups is 2. The molecule has 0 amide bonds. The normalized spacial score (nSPS) is 24.2. The van der Waals surface area contributed by atoms with Gasteiger partial charge >= 0.3 is 5.97 Å². The van der Waals surface area contributed by atoms with Crippen LogP contribution < -0.4 is 9.47 Å². The Morgan fingerprint density at radius 3 is 2.32 bits per heavy atom. The van der Waals surface area contributed by atoms with Crippen LogP contribution in [0.1, 0.15) is 74.8 Å². The molecule has 0 N–H and O–H groups in total. The molecule has 0 spiro atoms. The minimum absolute atomic E-state index is 0.0432. The molecule has 0 aromatic heterocycles. The summed E-state index contributed by atoms with van der Waals surface area (Å²) >= 11 is 0. The van der Waals surface area contributed by atoms with E-state index in [-0.39, 0.29) is 23.8 Å². The standard InChI is InChI=1S/C31H35NO5/c1-19-28(31(34)37-23-12-8-5-9-13-23)29(21-14-15-26(35-2)27(18-21)36-3)30-24(32-19)16-22(17-25(30)33)20-10-6-4-7-11-20/h4,6-7,10-11,14-15,18,22-23,28-29H,5,8-9,12-13,16-17H2,1-3H3/t22-,28?,29+/m0/s1. The first-order valence-electron chi connectivity index (χ1n) is 13.3. The van der Waals surface area contributed by atoms with Crippen molar-refractivity contribution >= 4 is 17.5 Å². The summed E-state index contributed by atoms with van der Waals surface area (Å²) in [6, 6.07) is 15.8. The zero-order valence-corrected chi connectivity index (χ0v) is 21.9. The second-order valence-corrected chi connectivity index (χ2v) is 10.3. The summed E-state index contributed by atoms with van der Waals surface area (Å²) in [4.78, 5) is 32.4. The number of allylic oxidation sites excluding steroid dienone is 2. The van der Waals surface area contributed by atoms with Gasteiger partial charge in [0.2, 0.25) is 0 Å². The van der Waals surface area contributed by atoms with E-state index in [2.05, 4.69) is 12.1 Å². The SMILES string of the molecule is COc1ccc([C@H]2C3=C(C[C@H](c4ccccc4)CC3=O)N=C(C)C2C(=O)OC2CCCCC2)cc1OC. The fraction of sp³-hybridized carbons (Fsp3) is 0.452. The van der Waals surface area contributed by atoms with Crippen molar-refractivity contribution in [3.05, 3.63) is 70.9 Å². The summed E-state index contributed by atoms with van der Waals surface area (Å²) in [5.74, 6) is -0.155. The molecule has 0 bridgehead atoms. The largest absolute Gasteiger partial charge is 0.493 e. The van der Waals surface area contributed by atoms with E-state index >= 15 is 0 Å². The molecule has 3 aliphatic rings. The van der Waals surface area contributed by atoms with Crippen LogP contribution in [0.4, 0.5) is 0 Å². The smallest absolute Gasteiger partial charge is 0.315 e. The number of Topliss-reactive ketones (excluding diaryl/α,β-unsaturated/α-hetero) is 1. The summed E-state index contributed by atoms with van der Waals surface area (Å²) in [7, 11) is 3.18. The van der Waals surface area contributed by atoms with E-state index < -0.39 is 11.8 Å². The van der Waals surface area contributed by atoms with Gasteiger partial charge < -0.3 is 14.2 Å². The average Bonchev–Trinajstić information content (AvgIpc) is 2.92. The summed E-state index contributed by atoms with van der Waals surface area (Å²) < 4.78 is 17.1. The zero-order valence-electron chi connectivity index (χ0n) is 21.9. The van der Waals surface area contributed by atoms with Crippen LogP contribution in [0.5, 0.6) is 11.5 Å². The minimum atomic E-state index is -0.656. The van der Waals surface area contributed by atoms with Crippen LogP contribution in [0, 0.1) is 5.92 Å². The van der Waals surface area contributed by atoms with Gasteiger partial charge in [-0.15, -0.1) is 0 Å². The van der Waals surface area contributed by atoms with E-state index in [0.29, 0.717) is 35.6 Å². The predicted molar refractivity (Wildman–Crippen MR) is 142 cm³/mol. The number of ketones is 1. The quantitative estimate of drug-likeness (QED) is 0.444. The van der Waals surface area contributed by atoms with Gasteiger partial charge in [-0.3, -0.25) is 14.6 Å². The van der Waals surface area contributed by atoms with Crippen molar-refractivity contribution in [1.29, 1.82) is 0 Å². The highest BCUT2D eigenvalue weighted by Gasteiger charge is 2.45. The molecular formula is C31H35NO5. The van der Waals surface area contributed by atoms with Gasteiger partial charge in [0.15, 0.2) is 17.3 Å². The molecule has 2 aliphatic carbocycles. The third kappa shape index (κ3) is 5.07. The van der Waals surface area contributed by atoms with Gasteiger partial charge in [0.25, 0.3) is 0 Å². The molecule has 6 nitrogen and oxygen atoms in total. The fourth-order valence-corrected chi connectivity index (χ4v) is 6.15. The highest BCUT2D eigenvalue weighted by atomic mass is 16.5. The molecule has 6 heteroatoms. The number of esters is 1. The summed E-state index contributed by atoms with van der Waals surface area (Å²) in [5.41, 5.74) is 4.08. The molecule has 1 unspecified atom stereocenters. The van der Waals surface area contributed by atoms with Gasteiger partial charge in [-0.2, -0.15) is 0 Å². The molecular weight excluding hydrogens is 466 g/mol. The number of methoxy groups -OCH3 is 2. The number of nitrogens with zero attached hydrogens (tertiary/aromatic N) is 1. The van der Waals surface area contributed by atoms with E-state index in [1.165, 1.54) is 6.42 Å². The molecule has 1 aliphatic heterocycles. The maximum Gasteiger partial charge on any atom is 0.315 e. The molecule has 194 valence electrons. The van der Waals surface area contributed by atoms with Crippen molar-refractivity contribution in [2.45, 2.75) is 69.8 Å². The van der Waals surface area contributed by atoms with Crippen molar-refractivity contribution in [2.75, 3.05) is 14.2 Å².